The third kappa shape index (κ3) is 2.43. The minimum atomic E-state index is -0.697. The van der Waals surface area contributed by atoms with E-state index >= 15 is 0 Å². The van der Waals surface area contributed by atoms with Crippen LogP contribution in [-0.2, 0) is 9.53 Å². The molecule has 2 rings (SSSR count). The fraction of sp³-hybridized carbons (Fsp3) is 0.462. The van der Waals surface area contributed by atoms with Crippen molar-refractivity contribution in [1.82, 2.24) is 0 Å². The monoisotopic (exact) mass is 282 g/mol. The SMILES string of the molecule is COC(=O)C1(C)CCN(c2ccc(F)cc2[N+](=O)[O-])C1. The number of methoxy groups -OCH3 is 1. The van der Waals surface area contributed by atoms with Gasteiger partial charge in [-0.2, -0.15) is 0 Å². The summed E-state index contributed by atoms with van der Waals surface area (Å²) >= 11 is 0. The van der Waals surface area contributed by atoms with Crippen LogP contribution in [0.25, 0.3) is 0 Å². The van der Waals surface area contributed by atoms with Gasteiger partial charge < -0.3 is 9.64 Å². The van der Waals surface area contributed by atoms with Gasteiger partial charge in [0, 0.05) is 13.1 Å². The van der Waals surface area contributed by atoms with Crippen LogP contribution in [0.15, 0.2) is 18.2 Å². The molecule has 1 aromatic carbocycles. The number of nitro groups is 1. The Balaban J connectivity index is 2.31. The second-order valence-electron chi connectivity index (χ2n) is 5.11. The Morgan fingerprint density at radius 1 is 1.55 bits per heavy atom. The van der Waals surface area contributed by atoms with Crippen molar-refractivity contribution in [1.29, 1.82) is 0 Å². The number of hydrogen-bond donors (Lipinski definition) is 0. The maximum absolute atomic E-state index is 13.1. The van der Waals surface area contributed by atoms with Gasteiger partial charge in [-0.1, -0.05) is 0 Å². The predicted octanol–water partition coefficient (Wildman–Crippen LogP) is 2.12. The third-order valence-electron chi connectivity index (χ3n) is 3.63. The fourth-order valence-electron chi connectivity index (χ4n) is 2.49. The first-order valence-electron chi connectivity index (χ1n) is 6.15. The minimum absolute atomic E-state index is 0.292. The van der Waals surface area contributed by atoms with E-state index in [0.717, 1.165) is 6.07 Å². The number of ether oxygens (including phenoxy) is 1. The van der Waals surface area contributed by atoms with Crippen molar-refractivity contribution in [2.75, 3.05) is 25.1 Å². The van der Waals surface area contributed by atoms with E-state index < -0.39 is 16.2 Å². The molecule has 20 heavy (non-hydrogen) atoms. The standard InChI is InChI=1S/C13H15FN2O4/c1-13(12(17)20-2)5-6-15(8-13)10-4-3-9(14)7-11(10)16(18)19/h3-4,7H,5-6,8H2,1-2H3. The first-order valence-corrected chi connectivity index (χ1v) is 6.15. The van der Waals surface area contributed by atoms with E-state index in [1.807, 2.05) is 0 Å². The number of carbonyl (C=O) groups is 1. The van der Waals surface area contributed by atoms with Gasteiger partial charge >= 0.3 is 5.97 Å². The summed E-state index contributed by atoms with van der Waals surface area (Å²) in [7, 11) is 1.32. The lowest BCUT2D eigenvalue weighted by Crippen LogP contribution is -2.33. The molecule has 6 nitrogen and oxygen atoms in total. The van der Waals surface area contributed by atoms with Crippen LogP contribution in [0.1, 0.15) is 13.3 Å². The Morgan fingerprint density at radius 2 is 2.25 bits per heavy atom. The lowest BCUT2D eigenvalue weighted by atomic mass is 9.90. The first kappa shape index (κ1) is 14.2. The van der Waals surface area contributed by atoms with Gasteiger partial charge in [0.1, 0.15) is 11.5 Å². The average Bonchev–Trinajstić information content (AvgIpc) is 2.81. The molecule has 0 bridgehead atoms. The van der Waals surface area contributed by atoms with Crippen LogP contribution in [0.5, 0.6) is 0 Å². The van der Waals surface area contributed by atoms with Gasteiger partial charge in [0.05, 0.1) is 23.5 Å². The Hall–Kier alpha value is -2.18. The molecular formula is C13H15FN2O4. The highest BCUT2D eigenvalue weighted by atomic mass is 19.1. The number of benzene rings is 1. The number of nitrogens with zero attached hydrogens (tertiary/aromatic N) is 2. The number of halogens is 1. The second-order valence-corrected chi connectivity index (χ2v) is 5.11. The molecule has 1 heterocycles. The van der Waals surface area contributed by atoms with Crippen molar-refractivity contribution in [3.05, 3.63) is 34.1 Å². The van der Waals surface area contributed by atoms with Crippen LogP contribution >= 0.6 is 0 Å². The predicted molar refractivity (Wildman–Crippen MR) is 70.0 cm³/mol. The molecule has 0 aromatic heterocycles. The van der Waals surface area contributed by atoms with Crippen LogP contribution in [0.2, 0.25) is 0 Å². The lowest BCUT2D eigenvalue weighted by Gasteiger charge is -2.22. The van der Waals surface area contributed by atoms with E-state index in [-0.39, 0.29) is 11.7 Å². The van der Waals surface area contributed by atoms with Crippen molar-refractivity contribution in [2.45, 2.75) is 13.3 Å². The van der Waals surface area contributed by atoms with Gasteiger partial charge in [-0.15, -0.1) is 0 Å². The van der Waals surface area contributed by atoms with E-state index in [0.29, 0.717) is 25.2 Å². The molecule has 1 unspecified atom stereocenters. The molecule has 7 heteroatoms. The number of hydrogen-bond acceptors (Lipinski definition) is 5. The Labute approximate surface area is 115 Å². The lowest BCUT2D eigenvalue weighted by molar-refractivity contribution is -0.384. The molecule has 0 spiro atoms. The normalized spacial score (nSPS) is 21.9. The molecule has 1 saturated heterocycles. The second kappa shape index (κ2) is 5.07. The first-order chi connectivity index (χ1) is 9.37. The molecule has 1 aliphatic rings. The Bertz CT molecular complexity index is 563. The fourth-order valence-corrected chi connectivity index (χ4v) is 2.49. The van der Waals surface area contributed by atoms with Crippen LogP contribution < -0.4 is 4.90 Å². The Kier molecular flexibility index (Phi) is 3.61. The molecule has 1 fully saturated rings. The summed E-state index contributed by atoms with van der Waals surface area (Å²) in [6, 6.07) is 3.44. The zero-order valence-electron chi connectivity index (χ0n) is 11.3. The third-order valence-corrected chi connectivity index (χ3v) is 3.63. The number of rotatable bonds is 3. The van der Waals surface area contributed by atoms with Crippen LogP contribution in [0.3, 0.4) is 0 Å². The molecule has 0 radical (unpaired) electrons. The van der Waals surface area contributed by atoms with Crippen LogP contribution in [0, 0.1) is 21.3 Å². The van der Waals surface area contributed by atoms with Crippen molar-refractivity contribution >= 4 is 17.3 Å². The maximum atomic E-state index is 13.1. The molecule has 108 valence electrons. The van der Waals surface area contributed by atoms with Crippen LogP contribution in [-0.4, -0.2) is 31.1 Å². The van der Waals surface area contributed by atoms with E-state index in [4.69, 9.17) is 4.74 Å². The van der Waals surface area contributed by atoms with Gasteiger partial charge in [0.25, 0.3) is 5.69 Å². The summed E-state index contributed by atoms with van der Waals surface area (Å²) in [5.74, 6) is -1.000. The van der Waals surface area contributed by atoms with Crippen molar-refractivity contribution in [3.63, 3.8) is 0 Å². The number of esters is 1. The van der Waals surface area contributed by atoms with Gasteiger partial charge in [-0.25, -0.2) is 4.39 Å². The summed E-state index contributed by atoms with van der Waals surface area (Å²) in [6.45, 7) is 2.55. The number of anilines is 1. The molecular weight excluding hydrogens is 267 g/mol. The molecule has 1 aliphatic heterocycles. The summed E-state index contributed by atoms with van der Waals surface area (Å²) in [5.41, 5.74) is -0.667. The topological polar surface area (TPSA) is 72.7 Å². The smallest absolute Gasteiger partial charge is 0.313 e. The zero-order valence-corrected chi connectivity index (χ0v) is 11.3. The molecule has 0 amide bonds. The average molecular weight is 282 g/mol. The van der Waals surface area contributed by atoms with Crippen molar-refractivity contribution in [2.24, 2.45) is 5.41 Å². The zero-order chi connectivity index (χ0) is 14.9. The largest absolute Gasteiger partial charge is 0.469 e. The van der Waals surface area contributed by atoms with Gasteiger partial charge in [-0.05, 0) is 25.5 Å². The summed E-state index contributed by atoms with van der Waals surface area (Å²) in [5, 5.41) is 11.0. The highest BCUT2D eigenvalue weighted by Crippen LogP contribution is 2.38. The van der Waals surface area contributed by atoms with Crippen molar-refractivity contribution in [3.8, 4) is 0 Å². The van der Waals surface area contributed by atoms with E-state index in [2.05, 4.69) is 0 Å². The quantitative estimate of drug-likeness (QED) is 0.482. The molecule has 1 atom stereocenters. The molecule has 0 aliphatic carbocycles. The summed E-state index contributed by atoms with van der Waals surface area (Å²) in [6.07, 6.45) is 0.536. The Morgan fingerprint density at radius 3 is 2.85 bits per heavy atom. The molecule has 0 saturated carbocycles. The molecule has 0 N–H and O–H groups in total. The minimum Gasteiger partial charge on any atom is -0.469 e. The van der Waals surface area contributed by atoms with E-state index in [9.17, 15) is 19.3 Å². The van der Waals surface area contributed by atoms with E-state index in [1.165, 1.54) is 19.2 Å². The van der Waals surface area contributed by atoms with Gasteiger partial charge in [-0.3, -0.25) is 14.9 Å². The number of nitro benzene ring substituents is 1. The highest BCUT2D eigenvalue weighted by molar-refractivity contribution is 5.79. The van der Waals surface area contributed by atoms with E-state index in [1.54, 1.807) is 11.8 Å². The maximum Gasteiger partial charge on any atom is 0.313 e. The highest BCUT2D eigenvalue weighted by Gasteiger charge is 2.42. The molecule has 1 aromatic rings. The van der Waals surface area contributed by atoms with Crippen molar-refractivity contribution < 1.29 is 18.8 Å². The van der Waals surface area contributed by atoms with Crippen LogP contribution in [0.4, 0.5) is 15.8 Å². The van der Waals surface area contributed by atoms with Gasteiger partial charge in [0.2, 0.25) is 0 Å². The summed E-state index contributed by atoms with van der Waals surface area (Å²) in [4.78, 5) is 23.8. The van der Waals surface area contributed by atoms with Gasteiger partial charge in [0.15, 0.2) is 0 Å². The summed E-state index contributed by atoms with van der Waals surface area (Å²) < 4.78 is 17.9. The number of carbonyl (C=O) groups excluding carboxylic acids is 1.